The van der Waals surface area contributed by atoms with Gasteiger partial charge in [-0.15, -0.1) is 0 Å². The number of carbonyl (C=O) groups is 1. The molecule has 1 amide bonds. The van der Waals surface area contributed by atoms with Crippen molar-refractivity contribution in [3.8, 4) is 5.75 Å². The number of hydrazine groups is 1. The molecule has 0 aromatic heterocycles. The number of phenolic OH excluding ortho intramolecular Hbond substituents is 1. The summed E-state index contributed by atoms with van der Waals surface area (Å²) in [4.78, 5) is 14.2. The molecule has 6 nitrogen and oxygen atoms in total. The molecule has 0 aliphatic carbocycles. The minimum absolute atomic E-state index is 0.164. The molecule has 1 aliphatic heterocycles. The fourth-order valence-corrected chi connectivity index (χ4v) is 2.14. The SMILES string of the molecule is CN1CCN(NC(=O)[C@@H](N)Cc2ccc(O)cc2)CC1. The van der Waals surface area contributed by atoms with Crippen molar-refractivity contribution < 1.29 is 9.90 Å². The van der Waals surface area contributed by atoms with Crippen LogP contribution in [0.3, 0.4) is 0 Å². The molecule has 4 N–H and O–H groups in total. The fourth-order valence-electron chi connectivity index (χ4n) is 2.14. The van der Waals surface area contributed by atoms with Crippen molar-refractivity contribution in [2.45, 2.75) is 12.5 Å². The molecule has 0 unspecified atom stereocenters. The highest BCUT2D eigenvalue weighted by Gasteiger charge is 2.19. The lowest BCUT2D eigenvalue weighted by atomic mass is 10.1. The maximum Gasteiger partial charge on any atom is 0.251 e. The molecule has 1 aliphatic rings. The van der Waals surface area contributed by atoms with Crippen LogP contribution in [0, 0.1) is 0 Å². The second-order valence-electron chi connectivity index (χ2n) is 5.24. The van der Waals surface area contributed by atoms with Gasteiger partial charge in [-0.1, -0.05) is 12.1 Å². The number of rotatable bonds is 4. The Hall–Kier alpha value is -1.63. The topological polar surface area (TPSA) is 81.8 Å². The first-order chi connectivity index (χ1) is 9.54. The number of hydrogen-bond donors (Lipinski definition) is 3. The van der Waals surface area contributed by atoms with Gasteiger partial charge in [0.05, 0.1) is 6.04 Å². The quantitative estimate of drug-likeness (QED) is 0.694. The molecule has 1 heterocycles. The summed E-state index contributed by atoms with van der Waals surface area (Å²) >= 11 is 0. The Morgan fingerprint density at radius 1 is 1.30 bits per heavy atom. The lowest BCUT2D eigenvalue weighted by molar-refractivity contribution is -0.128. The van der Waals surface area contributed by atoms with E-state index in [9.17, 15) is 9.90 Å². The van der Waals surface area contributed by atoms with Crippen LogP contribution >= 0.6 is 0 Å². The van der Waals surface area contributed by atoms with Crippen LogP contribution < -0.4 is 11.2 Å². The van der Waals surface area contributed by atoms with Crippen LogP contribution in [0.25, 0.3) is 0 Å². The van der Waals surface area contributed by atoms with Crippen LogP contribution in [-0.2, 0) is 11.2 Å². The Morgan fingerprint density at radius 3 is 2.50 bits per heavy atom. The number of piperazine rings is 1. The molecule has 1 atom stereocenters. The summed E-state index contributed by atoms with van der Waals surface area (Å²) in [5.74, 6) is 0.0480. The van der Waals surface area contributed by atoms with Crippen molar-refractivity contribution in [3.63, 3.8) is 0 Å². The summed E-state index contributed by atoms with van der Waals surface area (Å²) < 4.78 is 0. The lowest BCUT2D eigenvalue weighted by Gasteiger charge is -2.33. The molecule has 20 heavy (non-hydrogen) atoms. The predicted molar refractivity (Wildman–Crippen MR) is 77.0 cm³/mol. The number of aromatic hydroxyl groups is 1. The molecule has 1 aromatic carbocycles. The van der Waals surface area contributed by atoms with Crippen molar-refractivity contribution in [2.24, 2.45) is 5.73 Å². The first-order valence-corrected chi connectivity index (χ1v) is 6.82. The fraction of sp³-hybridized carbons (Fsp3) is 0.500. The van der Waals surface area contributed by atoms with Crippen molar-refractivity contribution in [1.82, 2.24) is 15.3 Å². The zero-order chi connectivity index (χ0) is 14.5. The number of carbonyl (C=O) groups excluding carboxylic acids is 1. The average molecular weight is 278 g/mol. The number of hydrogen-bond acceptors (Lipinski definition) is 5. The van der Waals surface area contributed by atoms with Crippen LogP contribution in [0.1, 0.15) is 5.56 Å². The highest BCUT2D eigenvalue weighted by atomic mass is 16.3. The smallest absolute Gasteiger partial charge is 0.251 e. The Kier molecular flexibility index (Phi) is 4.94. The summed E-state index contributed by atoms with van der Waals surface area (Å²) in [6, 6.07) is 6.16. The van der Waals surface area contributed by atoms with E-state index in [1.807, 2.05) is 5.01 Å². The van der Waals surface area contributed by atoms with Gasteiger partial charge in [-0.25, -0.2) is 5.01 Å². The average Bonchev–Trinajstić information content (AvgIpc) is 2.44. The summed E-state index contributed by atoms with van der Waals surface area (Å²) in [6.45, 7) is 3.50. The van der Waals surface area contributed by atoms with Gasteiger partial charge < -0.3 is 15.7 Å². The van der Waals surface area contributed by atoms with E-state index in [-0.39, 0.29) is 11.7 Å². The molecule has 6 heteroatoms. The zero-order valence-corrected chi connectivity index (χ0v) is 11.7. The van der Waals surface area contributed by atoms with E-state index in [4.69, 9.17) is 5.73 Å². The van der Waals surface area contributed by atoms with Crippen molar-refractivity contribution in [3.05, 3.63) is 29.8 Å². The molecule has 0 saturated carbocycles. The van der Waals surface area contributed by atoms with Gasteiger partial charge in [-0.3, -0.25) is 10.2 Å². The number of amides is 1. The van der Waals surface area contributed by atoms with Gasteiger partial charge in [0.1, 0.15) is 5.75 Å². The van der Waals surface area contributed by atoms with Crippen LogP contribution in [0.15, 0.2) is 24.3 Å². The molecule has 1 aromatic rings. The molecule has 110 valence electrons. The zero-order valence-electron chi connectivity index (χ0n) is 11.7. The molecule has 1 fully saturated rings. The van der Waals surface area contributed by atoms with E-state index in [2.05, 4.69) is 17.4 Å². The molecule has 2 rings (SSSR count). The summed E-state index contributed by atoms with van der Waals surface area (Å²) in [5, 5.41) is 11.1. The third kappa shape index (κ3) is 4.19. The molecule has 0 radical (unpaired) electrons. The standard InChI is InChI=1S/C14H22N4O2/c1-17-6-8-18(9-7-17)16-14(20)13(15)10-11-2-4-12(19)5-3-11/h2-5,13,19H,6-10,15H2,1H3,(H,16,20)/t13-/m0/s1. The van der Waals surface area contributed by atoms with Gasteiger partial charge in [0.15, 0.2) is 0 Å². The minimum atomic E-state index is -0.584. The van der Waals surface area contributed by atoms with Gasteiger partial charge in [-0.2, -0.15) is 0 Å². The largest absolute Gasteiger partial charge is 0.508 e. The highest BCUT2D eigenvalue weighted by molar-refractivity contribution is 5.81. The maximum absolute atomic E-state index is 12.0. The van der Waals surface area contributed by atoms with E-state index in [0.717, 1.165) is 31.7 Å². The number of nitrogens with zero attached hydrogens (tertiary/aromatic N) is 2. The monoisotopic (exact) mass is 278 g/mol. The summed E-state index contributed by atoms with van der Waals surface area (Å²) in [5.41, 5.74) is 9.72. The van der Waals surface area contributed by atoms with E-state index in [1.54, 1.807) is 24.3 Å². The van der Waals surface area contributed by atoms with Crippen LogP contribution in [0.2, 0.25) is 0 Å². The summed E-state index contributed by atoms with van der Waals surface area (Å²) in [7, 11) is 2.07. The Labute approximate surface area is 119 Å². The molecular formula is C14H22N4O2. The first-order valence-electron chi connectivity index (χ1n) is 6.82. The van der Waals surface area contributed by atoms with Crippen LogP contribution in [-0.4, -0.2) is 60.2 Å². The second kappa shape index (κ2) is 6.69. The van der Waals surface area contributed by atoms with E-state index in [1.165, 1.54) is 0 Å². The number of phenols is 1. The number of nitrogens with one attached hydrogen (secondary N) is 1. The Bertz CT molecular complexity index is 441. The van der Waals surface area contributed by atoms with Gasteiger partial charge in [0, 0.05) is 26.2 Å². The Morgan fingerprint density at radius 2 is 1.90 bits per heavy atom. The van der Waals surface area contributed by atoms with Crippen molar-refractivity contribution >= 4 is 5.91 Å². The normalized spacial score (nSPS) is 18.7. The molecular weight excluding hydrogens is 256 g/mol. The maximum atomic E-state index is 12.0. The predicted octanol–water partition coefficient (Wildman–Crippen LogP) is -0.459. The van der Waals surface area contributed by atoms with Crippen LogP contribution in [0.4, 0.5) is 0 Å². The molecule has 0 spiro atoms. The molecule has 0 bridgehead atoms. The van der Waals surface area contributed by atoms with Crippen LogP contribution in [0.5, 0.6) is 5.75 Å². The summed E-state index contributed by atoms with van der Waals surface area (Å²) in [6.07, 6.45) is 0.458. The number of benzene rings is 1. The third-order valence-electron chi connectivity index (χ3n) is 3.50. The van der Waals surface area contributed by atoms with Gasteiger partial charge in [0.2, 0.25) is 0 Å². The minimum Gasteiger partial charge on any atom is -0.508 e. The third-order valence-corrected chi connectivity index (χ3v) is 3.50. The van der Waals surface area contributed by atoms with Crippen molar-refractivity contribution in [1.29, 1.82) is 0 Å². The highest BCUT2D eigenvalue weighted by Crippen LogP contribution is 2.11. The first kappa shape index (κ1) is 14.8. The van der Waals surface area contributed by atoms with Gasteiger partial charge in [-0.05, 0) is 31.2 Å². The van der Waals surface area contributed by atoms with Gasteiger partial charge in [0.25, 0.3) is 5.91 Å². The Balaban J connectivity index is 1.81. The van der Waals surface area contributed by atoms with E-state index >= 15 is 0 Å². The lowest BCUT2D eigenvalue weighted by Crippen LogP contribution is -2.56. The van der Waals surface area contributed by atoms with E-state index in [0.29, 0.717) is 6.42 Å². The van der Waals surface area contributed by atoms with Gasteiger partial charge >= 0.3 is 0 Å². The number of likely N-dealkylation sites (N-methyl/N-ethyl adjacent to an activating group) is 1. The second-order valence-corrected chi connectivity index (χ2v) is 5.24. The molecule has 1 saturated heterocycles. The van der Waals surface area contributed by atoms with E-state index < -0.39 is 6.04 Å². The number of nitrogens with two attached hydrogens (primary N) is 1. The van der Waals surface area contributed by atoms with Crippen molar-refractivity contribution in [2.75, 3.05) is 33.2 Å².